The van der Waals surface area contributed by atoms with Gasteiger partial charge in [-0.15, -0.1) is 0 Å². The molecule has 0 aromatic heterocycles. The molecule has 5 nitrogen and oxygen atoms in total. The number of carbonyl (C=O) groups is 1. The molecule has 2 fully saturated rings. The van der Waals surface area contributed by atoms with Gasteiger partial charge in [-0.3, -0.25) is 9.69 Å². The number of carbonyl (C=O) groups excluding carboxylic acids is 1. The number of hydrogen-bond acceptors (Lipinski definition) is 4. The molecule has 0 saturated carbocycles. The van der Waals surface area contributed by atoms with Crippen LogP contribution >= 0.6 is 0 Å². The number of amides is 1. The fourth-order valence-corrected chi connectivity index (χ4v) is 3.88. The van der Waals surface area contributed by atoms with Crippen molar-refractivity contribution >= 4 is 5.91 Å². The Kier molecular flexibility index (Phi) is 4.60. The first-order valence-corrected chi connectivity index (χ1v) is 8.21. The molecule has 2 aliphatic rings. The van der Waals surface area contributed by atoms with E-state index in [-0.39, 0.29) is 11.4 Å². The highest BCUT2D eigenvalue weighted by molar-refractivity contribution is 5.95. The van der Waals surface area contributed by atoms with Crippen molar-refractivity contribution < 1.29 is 14.3 Å². The highest BCUT2D eigenvalue weighted by Gasteiger charge is 2.50. The van der Waals surface area contributed by atoms with Gasteiger partial charge in [0.2, 0.25) is 0 Å². The molecule has 1 aromatic carbocycles. The monoisotopic (exact) mass is 318 g/mol. The van der Waals surface area contributed by atoms with E-state index < -0.39 is 0 Å². The first-order chi connectivity index (χ1) is 11.1. The first-order valence-electron chi connectivity index (χ1n) is 8.21. The molecule has 0 aliphatic carbocycles. The second-order valence-electron chi connectivity index (χ2n) is 6.85. The third-order valence-electron chi connectivity index (χ3n) is 5.35. The summed E-state index contributed by atoms with van der Waals surface area (Å²) >= 11 is 0. The van der Waals surface area contributed by atoms with E-state index in [1.54, 1.807) is 14.2 Å². The Morgan fingerprint density at radius 1 is 1.26 bits per heavy atom. The van der Waals surface area contributed by atoms with Crippen molar-refractivity contribution in [3.05, 3.63) is 29.8 Å². The Balaban J connectivity index is 1.63. The average molecular weight is 318 g/mol. The van der Waals surface area contributed by atoms with Crippen LogP contribution in [0.1, 0.15) is 23.2 Å². The average Bonchev–Trinajstić information content (AvgIpc) is 2.54. The Labute approximate surface area is 138 Å². The van der Waals surface area contributed by atoms with Crippen molar-refractivity contribution in [1.29, 1.82) is 0 Å². The predicted molar refractivity (Wildman–Crippen MR) is 88.9 cm³/mol. The maximum absolute atomic E-state index is 12.6. The zero-order chi connectivity index (χ0) is 16.4. The van der Waals surface area contributed by atoms with Gasteiger partial charge in [0.15, 0.2) is 0 Å². The fraction of sp³-hybridized carbons (Fsp3) is 0.611. The summed E-state index contributed by atoms with van der Waals surface area (Å²) in [6.07, 6.45) is 2.29. The molecule has 1 aromatic rings. The highest BCUT2D eigenvalue weighted by Crippen LogP contribution is 2.38. The SMILES string of the molecule is COCC1CCN(C)C2(C1)CN(C(=O)c1ccc(OC)cc1)C2. The number of benzene rings is 1. The minimum Gasteiger partial charge on any atom is -0.497 e. The number of methoxy groups -OCH3 is 2. The molecule has 0 bridgehead atoms. The van der Waals surface area contributed by atoms with Crippen LogP contribution in [0.15, 0.2) is 24.3 Å². The minimum atomic E-state index is 0.112. The lowest BCUT2D eigenvalue weighted by atomic mass is 9.75. The zero-order valence-corrected chi connectivity index (χ0v) is 14.2. The van der Waals surface area contributed by atoms with Crippen molar-refractivity contribution in [3.8, 4) is 5.75 Å². The molecule has 0 N–H and O–H groups in total. The highest BCUT2D eigenvalue weighted by atomic mass is 16.5. The van der Waals surface area contributed by atoms with Crippen molar-refractivity contribution in [1.82, 2.24) is 9.80 Å². The molecule has 1 spiro atoms. The summed E-state index contributed by atoms with van der Waals surface area (Å²) in [6, 6.07) is 7.35. The Bertz CT molecular complexity index is 552. The number of nitrogens with zero attached hydrogens (tertiary/aromatic N) is 2. The molecule has 2 heterocycles. The van der Waals surface area contributed by atoms with E-state index in [2.05, 4.69) is 11.9 Å². The lowest BCUT2D eigenvalue weighted by Gasteiger charge is -2.58. The minimum absolute atomic E-state index is 0.112. The van der Waals surface area contributed by atoms with E-state index in [4.69, 9.17) is 9.47 Å². The van der Waals surface area contributed by atoms with E-state index in [0.717, 1.165) is 44.0 Å². The second kappa shape index (κ2) is 6.49. The van der Waals surface area contributed by atoms with Gasteiger partial charge in [-0.05, 0) is 56.6 Å². The van der Waals surface area contributed by atoms with Crippen LogP contribution < -0.4 is 4.74 Å². The van der Waals surface area contributed by atoms with E-state index in [0.29, 0.717) is 5.92 Å². The van der Waals surface area contributed by atoms with E-state index in [1.807, 2.05) is 29.2 Å². The normalized spacial score (nSPS) is 23.6. The summed E-state index contributed by atoms with van der Waals surface area (Å²) in [7, 11) is 5.58. The lowest BCUT2D eigenvalue weighted by Crippen LogP contribution is -2.72. The number of rotatable bonds is 4. The molecule has 3 rings (SSSR count). The van der Waals surface area contributed by atoms with Gasteiger partial charge in [0.25, 0.3) is 5.91 Å². The van der Waals surface area contributed by atoms with Crippen LogP contribution in [0.25, 0.3) is 0 Å². The Morgan fingerprint density at radius 3 is 2.57 bits per heavy atom. The largest absolute Gasteiger partial charge is 0.497 e. The van der Waals surface area contributed by atoms with Crippen molar-refractivity contribution in [2.75, 3.05) is 47.5 Å². The number of piperidine rings is 1. The topological polar surface area (TPSA) is 42.0 Å². The van der Waals surface area contributed by atoms with Crippen molar-refractivity contribution in [2.45, 2.75) is 18.4 Å². The first kappa shape index (κ1) is 16.3. The molecular weight excluding hydrogens is 292 g/mol. The van der Waals surface area contributed by atoms with Crippen LogP contribution in [0.4, 0.5) is 0 Å². The number of ether oxygens (including phenoxy) is 2. The molecule has 23 heavy (non-hydrogen) atoms. The van der Waals surface area contributed by atoms with Gasteiger partial charge in [0, 0.05) is 32.4 Å². The van der Waals surface area contributed by atoms with E-state index >= 15 is 0 Å². The summed E-state index contributed by atoms with van der Waals surface area (Å²) in [6.45, 7) is 3.53. The summed E-state index contributed by atoms with van der Waals surface area (Å²) in [5.74, 6) is 1.49. The number of likely N-dealkylation sites (tertiary alicyclic amines) is 2. The van der Waals surface area contributed by atoms with Crippen LogP contribution in [0.2, 0.25) is 0 Å². The number of likely N-dealkylation sites (N-methyl/N-ethyl adjacent to an activating group) is 1. The molecule has 1 amide bonds. The van der Waals surface area contributed by atoms with Crippen molar-refractivity contribution in [3.63, 3.8) is 0 Å². The Hall–Kier alpha value is -1.59. The Morgan fingerprint density at radius 2 is 1.96 bits per heavy atom. The molecule has 1 atom stereocenters. The summed E-state index contributed by atoms with van der Waals surface area (Å²) in [5, 5.41) is 0. The predicted octanol–water partition coefficient (Wildman–Crippen LogP) is 1.88. The molecule has 2 saturated heterocycles. The summed E-state index contributed by atoms with van der Waals surface area (Å²) < 4.78 is 10.5. The van der Waals surface area contributed by atoms with Gasteiger partial charge in [-0.1, -0.05) is 0 Å². The third kappa shape index (κ3) is 3.08. The molecule has 5 heteroatoms. The van der Waals surface area contributed by atoms with E-state index in [9.17, 15) is 4.79 Å². The fourth-order valence-electron chi connectivity index (χ4n) is 3.88. The van der Waals surface area contributed by atoms with E-state index in [1.165, 1.54) is 6.42 Å². The molecule has 1 unspecified atom stereocenters. The maximum atomic E-state index is 12.6. The third-order valence-corrected chi connectivity index (χ3v) is 5.35. The molecule has 2 aliphatic heterocycles. The van der Waals surface area contributed by atoms with Crippen LogP contribution in [-0.4, -0.2) is 68.8 Å². The lowest BCUT2D eigenvalue weighted by molar-refractivity contribution is -0.0731. The van der Waals surface area contributed by atoms with Gasteiger partial charge in [-0.25, -0.2) is 0 Å². The molecule has 0 radical (unpaired) electrons. The molecular formula is C18H26N2O3. The standard InChI is InChI=1S/C18H26N2O3/c1-19-9-8-14(11-22-2)10-18(19)12-20(13-18)17(21)15-4-6-16(23-3)7-5-15/h4-7,14H,8-13H2,1-3H3. The maximum Gasteiger partial charge on any atom is 0.253 e. The van der Waals surface area contributed by atoms with Crippen LogP contribution in [0.5, 0.6) is 5.75 Å². The van der Waals surface area contributed by atoms with Crippen molar-refractivity contribution in [2.24, 2.45) is 5.92 Å². The smallest absolute Gasteiger partial charge is 0.253 e. The van der Waals surface area contributed by atoms with Gasteiger partial charge < -0.3 is 14.4 Å². The quantitative estimate of drug-likeness (QED) is 0.850. The van der Waals surface area contributed by atoms with Gasteiger partial charge in [0.05, 0.1) is 12.6 Å². The summed E-state index contributed by atoms with van der Waals surface area (Å²) in [5.41, 5.74) is 0.872. The van der Waals surface area contributed by atoms with Crippen LogP contribution in [0, 0.1) is 5.92 Å². The van der Waals surface area contributed by atoms with Gasteiger partial charge in [-0.2, -0.15) is 0 Å². The molecule has 126 valence electrons. The zero-order valence-electron chi connectivity index (χ0n) is 14.2. The second-order valence-corrected chi connectivity index (χ2v) is 6.85. The summed E-state index contributed by atoms with van der Waals surface area (Å²) in [4.78, 5) is 17.0. The van der Waals surface area contributed by atoms with Crippen LogP contribution in [-0.2, 0) is 4.74 Å². The van der Waals surface area contributed by atoms with Crippen LogP contribution in [0.3, 0.4) is 0 Å². The van der Waals surface area contributed by atoms with Gasteiger partial charge in [0.1, 0.15) is 5.75 Å². The van der Waals surface area contributed by atoms with Gasteiger partial charge >= 0.3 is 0 Å². The number of hydrogen-bond donors (Lipinski definition) is 0.